The fourth-order valence-electron chi connectivity index (χ4n) is 0.112. The van der Waals surface area contributed by atoms with Gasteiger partial charge >= 0.3 is 72.0 Å². The SMILES string of the molecule is O=[N+](S(=O)(=O)[O-])S(=O)(=O)[O-].[K+].[K]. The maximum Gasteiger partial charge on any atom is 1.00 e. The molecule has 12 heavy (non-hydrogen) atoms. The van der Waals surface area contributed by atoms with Crippen LogP contribution in [0.1, 0.15) is 0 Å². The van der Waals surface area contributed by atoms with Crippen LogP contribution in [0.4, 0.5) is 0 Å². The van der Waals surface area contributed by atoms with Crippen LogP contribution in [0.2, 0.25) is 0 Å². The van der Waals surface area contributed by atoms with E-state index in [1.807, 2.05) is 0 Å². The standard InChI is InChI=1S/2K.HNO7S2/c;;2-1(9(3,4)5)10(6,7)8/h;;(H-,3,4,5,6,7,8)/q;+1;/p-1. The van der Waals surface area contributed by atoms with Crippen molar-refractivity contribution in [3.8, 4) is 0 Å². The molecular weight excluding hydrogens is 268 g/mol. The van der Waals surface area contributed by atoms with Crippen LogP contribution >= 0.6 is 0 Å². The number of nitrogens with zero attached hydrogens (tertiary/aromatic N) is 1. The van der Waals surface area contributed by atoms with Gasteiger partial charge in [0.1, 0.15) is 0 Å². The Labute approximate surface area is 154 Å². The minimum atomic E-state index is -5.73. The zero-order valence-corrected chi connectivity index (χ0v) is 14.0. The van der Waals surface area contributed by atoms with Gasteiger partial charge in [-0.25, -0.2) is 0 Å². The first-order valence-electron chi connectivity index (χ1n) is 1.55. The predicted molar refractivity (Wildman–Crippen MR) is 28.8 cm³/mol. The van der Waals surface area contributed by atoms with Crippen molar-refractivity contribution in [3.63, 3.8) is 0 Å². The molecule has 0 N–H and O–H groups in total. The fraction of sp³-hybridized carbons (Fsp3) is 0. The first-order chi connectivity index (χ1) is 4.15. The van der Waals surface area contributed by atoms with Crippen LogP contribution in [0.3, 0.4) is 0 Å². The van der Waals surface area contributed by atoms with E-state index in [0.29, 0.717) is 0 Å². The summed E-state index contributed by atoms with van der Waals surface area (Å²) in [5, 5.41) is 0. The Balaban J connectivity index is -0.000000405. The molecular formula is K2NO7S2. The van der Waals surface area contributed by atoms with Gasteiger partial charge in [-0.05, 0) is 0 Å². The summed E-state index contributed by atoms with van der Waals surface area (Å²) in [5.41, 5.74) is 0. The van der Waals surface area contributed by atoms with Crippen molar-refractivity contribution in [2.24, 2.45) is 0 Å². The van der Waals surface area contributed by atoms with Gasteiger partial charge in [0.05, 0.1) is 4.91 Å². The van der Waals surface area contributed by atoms with Crippen molar-refractivity contribution >= 4 is 72.0 Å². The van der Waals surface area contributed by atoms with Crippen molar-refractivity contribution < 1.29 is 80.9 Å². The van der Waals surface area contributed by atoms with Crippen LogP contribution in [0, 0.1) is 4.91 Å². The van der Waals surface area contributed by atoms with Crippen LogP contribution < -0.4 is 51.4 Å². The van der Waals surface area contributed by atoms with Crippen molar-refractivity contribution in [2.45, 2.75) is 0 Å². The second kappa shape index (κ2) is 7.05. The number of hydrogen-bond donors (Lipinski definition) is 0. The normalized spacial score (nSPS) is 10.8. The Hall–Kier alpha value is 2.69. The molecule has 0 spiro atoms. The Morgan fingerprint density at radius 2 is 1.08 bits per heavy atom. The average Bonchev–Trinajstić information content (AvgIpc) is 1.59. The second-order valence-electron chi connectivity index (χ2n) is 1.08. The Morgan fingerprint density at radius 3 is 1.08 bits per heavy atom. The Bertz CT molecular complexity index is 302. The van der Waals surface area contributed by atoms with Crippen LogP contribution in [0.25, 0.3) is 0 Å². The molecule has 0 fully saturated rings. The van der Waals surface area contributed by atoms with Gasteiger partial charge in [0, 0.05) is 51.4 Å². The van der Waals surface area contributed by atoms with Crippen molar-refractivity contribution in [1.29, 1.82) is 0 Å². The van der Waals surface area contributed by atoms with Gasteiger partial charge in [-0.3, -0.25) is 0 Å². The molecule has 0 aliphatic heterocycles. The Morgan fingerprint density at radius 1 is 0.917 bits per heavy atom. The van der Waals surface area contributed by atoms with Gasteiger partial charge in [-0.15, -0.1) is 0 Å². The van der Waals surface area contributed by atoms with E-state index in [-0.39, 0.29) is 103 Å². The molecule has 0 saturated carbocycles. The smallest absolute Gasteiger partial charge is 0.689 e. The van der Waals surface area contributed by atoms with E-state index in [1.165, 1.54) is 0 Å². The number of nitroso groups, excluding NO2 is 1. The third-order valence-electron chi connectivity index (χ3n) is 0.365. The summed E-state index contributed by atoms with van der Waals surface area (Å²) in [6, 6.07) is 0. The second-order valence-corrected chi connectivity index (χ2v) is 3.68. The molecule has 8 nitrogen and oxygen atoms in total. The molecule has 0 saturated heterocycles. The zero-order valence-electron chi connectivity index (χ0n) is 6.12. The molecule has 0 amide bonds. The van der Waals surface area contributed by atoms with Crippen LogP contribution in [-0.4, -0.2) is 80.9 Å². The molecule has 0 rings (SSSR count). The van der Waals surface area contributed by atoms with Crippen molar-refractivity contribution in [1.82, 2.24) is 0 Å². The van der Waals surface area contributed by atoms with Crippen molar-refractivity contribution in [2.75, 3.05) is 0 Å². The molecule has 0 heterocycles. The molecule has 0 aliphatic rings. The molecule has 61 valence electrons. The van der Waals surface area contributed by atoms with Crippen molar-refractivity contribution in [3.05, 3.63) is 4.91 Å². The van der Waals surface area contributed by atoms with Gasteiger partial charge in [0.2, 0.25) is 3.57 Å². The summed E-state index contributed by atoms with van der Waals surface area (Å²) in [6.07, 6.45) is 0. The quantitative estimate of drug-likeness (QED) is 0.276. The number of hydrogen-bond acceptors (Lipinski definition) is 7. The van der Waals surface area contributed by atoms with Gasteiger partial charge < -0.3 is 9.11 Å². The largest absolute Gasteiger partial charge is 1.00 e. The molecule has 0 aromatic carbocycles. The van der Waals surface area contributed by atoms with Crippen LogP contribution in [-0.2, 0) is 20.6 Å². The van der Waals surface area contributed by atoms with E-state index in [0.717, 1.165) is 0 Å². The van der Waals surface area contributed by atoms with Crippen LogP contribution in [0.5, 0.6) is 0 Å². The van der Waals surface area contributed by atoms with E-state index >= 15 is 0 Å². The average molecular weight is 268 g/mol. The molecule has 0 aliphatic carbocycles. The van der Waals surface area contributed by atoms with E-state index < -0.39 is 24.2 Å². The van der Waals surface area contributed by atoms with Crippen LogP contribution in [0.15, 0.2) is 0 Å². The molecule has 0 aromatic rings. The minimum absolute atomic E-state index is 0. The molecule has 0 aromatic heterocycles. The monoisotopic (exact) mass is 268 g/mol. The summed E-state index contributed by atoms with van der Waals surface area (Å²) in [5.74, 6) is 0. The summed E-state index contributed by atoms with van der Waals surface area (Å²) < 4.78 is 54.7. The maximum atomic E-state index is 9.60. The first-order valence-corrected chi connectivity index (χ1v) is 4.28. The third-order valence-corrected chi connectivity index (χ3v) is 2.19. The van der Waals surface area contributed by atoms with E-state index in [9.17, 15) is 30.8 Å². The first kappa shape index (κ1) is 20.1. The summed E-state index contributed by atoms with van der Waals surface area (Å²) in [4.78, 5) is 9.60. The molecule has 0 atom stereocenters. The fourth-order valence-corrected chi connectivity index (χ4v) is 1.01. The minimum Gasteiger partial charge on any atom is -0.689 e. The molecule has 0 bridgehead atoms. The van der Waals surface area contributed by atoms with Gasteiger partial charge in [-0.2, -0.15) is 16.8 Å². The maximum absolute atomic E-state index is 9.60. The van der Waals surface area contributed by atoms with E-state index in [2.05, 4.69) is 0 Å². The Kier molecular flexibility index (Phi) is 11.8. The van der Waals surface area contributed by atoms with Gasteiger partial charge in [-0.1, -0.05) is 0 Å². The topological polar surface area (TPSA) is 134 Å². The number of rotatable bonds is 2. The predicted octanol–water partition coefficient (Wildman–Crippen LogP) is -5.69. The molecule has 12 heteroatoms. The van der Waals surface area contributed by atoms with E-state index in [4.69, 9.17) is 0 Å². The van der Waals surface area contributed by atoms with E-state index in [1.54, 1.807) is 0 Å². The molecule has 0 unspecified atom stereocenters. The molecule has 1 radical (unpaired) electrons. The summed E-state index contributed by atoms with van der Waals surface area (Å²) >= 11 is 0. The summed E-state index contributed by atoms with van der Waals surface area (Å²) in [6.45, 7) is 0. The summed E-state index contributed by atoms with van der Waals surface area (Å²) in [7, 11) is -11.5. The van der Waals surface area contributed by atoms with Gasteiger partial charge in [0.15, 0.2) is 0 Å². The third kappa shape index (κ3) is 8.04. The van der Waals surface area contributed by atoms with Gasteiger partial charge in [0.25, 0.3) is 0 Å². The zero-order chi connectivity index (χ0) is 8.58.